The van der Waals surface area contributed by atoms with Crippen LogP contribution in [0, 0.1) is 5.92 Å². The zero-order chi connectivity index (χ0) is 10.4. The Bertz CT molecular complexity index is 145. The fourth-order valence-electron chi connectivity index (χ4n) is 2.11. The molecule has 0 amide bonds. The molecular formula is C12H25NO. The van der Waals surface area contributed by atoms with Crippen molar-refractivity contribution in [1.82, 2.24) is 5.32 Å². The molecule has 0 bridgehead atoms. The Morgan fingerprint density at radius 2 is 2.00 bits per heavy atom. The molecule has 1 N–H and O–H groups in total. The molecule has 1 saturated carbocycles. The summed E-state index contributed by atoms with van der Waals surface area (Å²) in [6, 6.07) is 0.604. The van der Waals surface area contributed by atoms with Crippen LogP contribution in [0.4, 0.5) is 0 Å². The molecule has 2 heteroatoms. The van der Waals surface area contributed by atoms with Gasteiger partial charge in [-0.1, -0.05) is 33.6 Å². The topological polar surface area (TPSA) is 21.3 Å². The highest BCUT2D eigenvalue weighted by molar-refractivity contribution is 4.81. The minimum atomic E-state index is 0.464. The second kappa shape index (κ2) is 6.41. The Morgan fingerprint density at radius 1 is 1.29 bits per heavy atom. The normalized spacial score (nSPS) is 28.3. The lowest BCUT2D eigenvalue weighted by Crippen LogP contribution is -2.43. The first-order valence-electron chi connectivity index (χ1n) is 6.09. The fourth-order valence-corrected chi connectivity index (χ4v) is 2.11. The predicted octanol–water partition coefficient (Wildman–Crippen LogP) is 2.58. The van der Waals surface area contributed by atoms with Crippen molar-refractivity contribution in [1.29, 1.82) is 0 Å². The minimum Gasteiger partial charge on any atom is -0.376 e. The van der Waals surface area contributed by atoms with Crippen LogP contribution in [-0.4, -0.2) is 25.3 Å². The van der Waals surface area contributed by atoms with Gasteiger partial charge in [-0.3, -0.25) is 0 Å². The van der Waals surface area contributed by atoms with Gasteiger partial charge >= 0.3 is 0 Å². The van der Waals surface area contributed by atoms with Crippen LogP contribution >= 0.6 is 0 Å². The van der Waals surface area contributed by atoms with Gasteiger partial charge in [-0.05, 0) is 25.3 Å². The van der Waals surface area contributed by atoms with Crippen molar-refractivity contribution in [3.63, 3.8) is 0 Å². The molecule has 0 aliphatic heterocycles. The molecule has 0 radical (unpaired) electrons. The van der Waals surface area contributed by atoms with Crippen molar-refractivity contribution in [3.8, 4) is 0 Å². The number of hydrogen-bond acceptors (Lipinski definition) is 2. The van der Waals surface area contributed by atoms with Crippen molar-refractivity contribution in [2.75, 3.05) is 13.2 Å². The van der Waals surface area contributed by atoms with E-state index in [4.69, 9.17) is 4.74 Å². The molecule has 1 aliphatic rings. The summed E-state index contributed by atoms with van der Waals surface area (Å²) in [7, 11) is 0. The van der Waals surface area contributed by atoms with Crippen LogP contribution < -0.4 is 5.32 Å². The van der Waals surface area contributed by atoms with Gasteiger partial charge in [0.25, 0.3) is 0 Å². The van der Waals surface area contributed by atoms with Gasteiger partial charge in [0.15, 0.2) is 0 Å². The standard InChI is InChI=1S/C12H25NO/c1-4-13-11-7-5-6-8-12(11)14-9-10(2)3/h10-13H,4-9H2,1-3H3. The van der Waals surface area contributed by atoms with Gasteiger partial charge in [0, 0.05) is 12.6 Å². The average Bonchev–Trinajstić information content (AvgIpc) is 2.17. The maximum Gasteiger partial charge on any atom is 0.0728 e. The van der Waals surface area contributed by atoms with Crippen molar-refractivity contribution >= 4 is 0 Å². The first-order valence-corrected chi connectivity index (χ1v) is 6.09. The molecule has 0 aromatic heterocycles. The largest absolute Gasteiger partial charge is 0.376 e. The molecule has 0 heterocycles. The summed E-state index contributed by atoms with van der Waals surface area (Å²) in [6.07, 6.45) is 5.69. The lowest BCUT2D eigenvalue weighted by atomic mass is 9.92. The zero-order valence-electron chi connectivity index (χ0n) is 9.88. The summed E-state index contributed by atoms with van der Waals surface area (Å²) < 4.78 is 5.95. The van der Waals surface area contributed by atoms with Crippen LogP contribution in [0.1, 0.15) is 46.5 Å². The first-order chi connectivity index (χ1) is 6.74. The zero-order valence-corrected chi connectivity index (χ0v) is 9.88. The van der Waals surface area contributed by atoms with E-state index in [1.54, 1.807) is 0 Å². The molecule has 1 aliphatic carbocycles. The van der Waals surface area contributed by atoms with E-state index >= 15 is 0 Å². The Balaban J connectivity index is 2.30. The molecular weight excluding hydrogens is 174 g/mol. The van der Waals surface area contributed by atoms with E-state index in [0.29, 0.717) is 18.1 Å². The van der Waals surface area contributed by atoms with Crippen molar-refractivity contribution < 1.29 is 4.74 Å². The Hall–Kier alpha value is -0.0800. The second-order valence-corrected chi connectivity index (χ2v) is 4.71. The number of hydrogen-bond donors (Lipinski definition) is 1. The second-order valence-electron chi connectivity index (χ2n) is 4.71. The third kappa shape index (κ3) is 3.97. The summed E-state index contributed by atoms with van der Waals surface area (Å²) >= 11 is 0. The highest BCUT2D eigenvalue weighted by Crippen LogP contribution is 2.21. The van der Waals surface area contributed by atoms with Crippen LogP contribution in [0.25, 0.3) is 0 Å². The molecule has 0 aromatic rings. The monoisotopic (exact) mass is 199 g/mol. The van der Waals surface area contributed by atoms with Crippen molar-refractivity contribution in [3.05, 3.63) is 0 Å². The lowest BCUT2D eigenvalue weighted by molar-refractivity contribution is -0.00703. The maximum atomic E-state index is 5.95. The van der Waals surface area contributed by atoms with Gasteiger partial charge in [0.2, 0.25) is 0 Å². The van der Waals surface area contributed by atoms with Crippen LogP contribution in [-0.2, 0) is 4.74 Å². The van der Waals surface area contributed by atoms with Crippen LogP contribution in [0.2, 0.25) is 0 Å². The molecule has 84 valence electrons. The Morgan fingerprint density at radius 3 is 2.64 bits per heavy atom. The number of likely N-dealkylation sites (N-methyl/N-ethyl adjacent to an activating group) is 1. The van der Waals surface area contributed by atoms with Gasteiger partial charge < -0.3 is 10.1 Å². The maximum absolute atomic E-state index is 5.95. The summed E-state index contributed by atoms with van der Waals surface area (Å²) in [5.74, 6) is 0.652. The van der Waals surface area contributed by atoms with Crippen LogP contribution in [0.15, 0.2) is 0 Å². The summed E-state index contributed by atoms with van der Waals surface area (Å²) in [5, 5.41) is 3.53. The Labute approximate surface area is 88.4 Å². The molecule has 0 aromatic carbocycles. The van der Waals surface area contributed by atoms with E-state index in [0.717, 1.165) is 13.2 Å². The lowest BCUT2D eigenvalue weighted by Gasteiger charge is -2.32. The molecule has 0 saturated heterocycles. The quantitative estimate of drug-likeness (QED) is 0.735. The SMILES string of the molecule is CCNC1CCCCC1OCC(C)C. The number of nitrogens with one attached hydrogen (secondary N) is 1. The third-order valence-corrected chi connectivity index (χ3v) is 2.81. The van der Waals surface area contributed by atoms with Gasteiger partial charge in [0.1, 0.15) is 0 Å². The fraction of sp³-hybridized carbons (Fsp3) is 1.00. The van der Waals surface area contributed by atoms with Gasteiger partial charge in [-0.25, -0.2) is 0 Å². The highest BCUT2D eigenvalue weighted by Gasteiger charge is 2.24. The third-order valence-electron chi connectivity index (χ3n) is 2.81. The first kappa shape index (κ1) is 12.0. The molecule has 1 fully saturated rings. The van der Waals surface area contributed by atoms with E-state index < -0.39 is 0 Å². The molecule has 2 nitrogen and oxygen atoms in total. The van der Waals surface area contributed by atoms with Crippen molar-refractivity contribution in [2.45, 2.75) is 58.6 Å². The molecule has 1 rings (SSSR count). The molecule has 0 spiro atoms. The summed E-state index contributed by atoms with van der Waals surface area (Å²) in [5.41, 5.74) is 0. The van der Waals surface area contributed by atoms with E-state index in [-0.39, 0.29) is 0 Å². The molecule has 2 atom stereocenters. The summed E-state index contributed by atoms with van der Waals surface area (Å²) in [4.78, 5) is 0. The molecule has 2 unspecified atom stereocenters. The average molecular weight is 199 g/mol. The predicted molar refractivity (Wildman–Crippen MR) is 60.5 cm³/mol. The van der Waals surface area contributed by atoms with E-state index in [1.807, 2.05) is 0 Å². The van der Waals surface area contributed by atoms with Crippen LogP contribution in [0.3, 0.4) is 0 Å². The van der Waals surface area contributed by atoms with Gasteiger partial charge in [-0.2, -0.15) is 0 Å². The molecule has 14 heavy (non-hydrogen) atoms. The minimum absolute atomic E-state index is 0.464. The Kier molecular flexibility index (Phi) is 5.49. The highest BCUT2D eigenvalue weighted by atomic mass is 16.5. The number of rotatable bonds is 5. The summed E-state index contributed by atoms with van der Waals surface area (Å²) in [6.45, 7) is 8.57. The van der Waals surface area contributed by atoms with Crippen LogP contribution in [0.5, 0.6) is 0 Å². The van der Waals surface area contributed by atoms with Gasteiger partial charge in [-0.15, -0.1) is 0 Å². The van der Waals surface area contributed by atoms with E-state index in [1.165, 1.54) is 25.7 Å². The van der Waals surface area contributed by atoms with Gasteiger partial charge in [0.05, 0.1) is 6.10 Å². The van der Waals surface area contributed by atoms with E-state index in [2.05, 4.69) is 26.1 Å². The van der Waals surface area contributed by atoms with Crippen molar-refractivity contribution in [2.24, 2.45) is 5.92 Å². The smallest absolute Gasteiger partial charge is 0.0728 e. The van der Waals surface area contributed by atoms with E-state index in [9.17, 15) is 0 Å². The number of ether oxygens (including phenoxy) is 1.